The Bertz CT molecular complexity index is 508. The van der Waals surface area contributed by atoms with Gasteiger partial charge in [-0.3, -0.25) is 15.0 Å². The molecule has 0 amide bonds. The summed E-state index contributed by atoms with van der Waals surface area (Å²) in [4.78, 5) is 15.7. The van der Waals surface area contributed by atoms with E-state index in [1.54, 1.807) is 6.07 Å². The van der Waals surface area contributed by atoms with Crippen molar-refractivity contribution in [2.75, 3.05) is 36.9 Å². The van der Waals surface area contributed by atoms with E-state index < -0.39 is 0 Å². The van der Waals surface area contributed by atoms with Crippen molar-refractivity contribution >= 4 is 17.1 Å². The summed E-state index contributed by atoms with van der Waals surface area (Å²) in [6, 6.07) is 6.25. The topological polar surface area (TPSA) is 61.6 Å². The van der Waals surface area contributed by atoms with Crippen molar-refractivity contribution < 1.29 is 4.92 Å². The van der Waals surface area contributed by atoms with Crippen LogP contribution in [-0.4, -0.2) is 48.6 Å². The van der Waals surface area contributed by atoms with Crippen LogP contribution in [-0.2, 0) is 0 Å². The molecule has 1 aromatic carbocycles. The maximum absolute atomic E-state index is 11.5. The largest absolute Gasteiger partial charge is 0.380 e. The standard InChI is InChI=1S/C15H24N4O2/c1-5-16-13-7-6-8-14(15(13)19(20)21)18-9-11(2)17(4)12(3)10-18/h6-8,11-12,16H,5,9-10H2,1-4H3. The smallest absolute Gasteiger partial charge is 0.315 e. The highest BCUT2D eigenvalue weighted by Crippen LogP contribution is 2.36. The van der Waals surface area contributed by atoms with Gasteiger partial charge in [0.2, 0.25) is 0 Å². The second-order valence-corrected chi connectivity index (χ2v) is 5.73. The van der Waals surface area contributed by atoms with Crippen LogP contribution in [0.25, 0.3) is 0 Å². The van der Waals surface area contributed by atoms with E-state index in [9.17, 15) is 10.1 Å². The fourth-order valence-corrected chi connectivity index (χ4v) is 2.91. The Balaban J connectivity index is 2.39. The van der Waals surface area contributed by atoms with Gasteiger partial charge < -0.3 is 10.2 Å². The summed E-state index contributed by atoms with van der Waals surface area (Å²) in [6.07, 6.45) is 0. The molecule has 2 unspecified atom stereocenters. The predicted octanol–water partition coefficient (Wildman–Crippen LogP) is 2.56. The Kier molecular flexibility index (Phi) is 4.67. The Morgan fingerprint density at radius 1 is 1.33 bits per heavy atom. The minimum atomic E-state index is -0.277. The molecule has 6 heteroatoms. The van der Waals surface area contributed by atoms with Crippen molar-refractivity contribution in [3.05, 3.63) is 28.3 Å². The molecule has 1 fully saturated rings. The van der Waals surface area contributed by atoms with E-state index >= 15 is 0 Å². The third-order valence-electron chi connectivity index (χ3n) is 4.26. The number of nitro benzene ring substituents is 1. The highest BCUT2D eigenvalue weighted by molar-refractivity contribution is 5.77. The van der Waals surface area contributed by atoms with Gasteiger partial charge in [-0.1, -0.05) is 6.07 Å². The number of para-hydroxylation sites is 1. The second kappa shape index (κ2) is 6.30. The van der Waals surface area contributed by atoms with E-state index in [1.807, 2.05) is 19.1 Å². The fraction of sp³-hybridized carbons (Fsp3) is 0.600. The van der Waals surface area contributed by atoms with Crippen LogP contribution >= 0.6 is 0 Å². The van der Waals surface area contributed by atoms with Crippen LogP contribution < -0.4 is 10.2 Å². The zero-order chi connectivity index (χ0) is 15.6. The van der Waals surface area contributed by atoms with Crippen LogP contribution in [0.15, 0.2) is 18.2 Å². The van der Waals surface area contributed by atoms with E-state index in [2.05, 4.69) is 36.0 Å². The zero-order valence-corrected chi connectivity index (χ0v) is 13.2. The van der Waals surface area contributed by atoms with Gasteiger partial charge >= 0.3 is 5.69 Å². The molecule has 116 valence electrons. The van der Waals surface area contributed by atoms with E-state index in [0.29, 0.717) is 30.0 Å². The average molecular weight is 292 g/mol. The quantitative estimate of drug-likeness (QED) is 0.682. The number of rotatable bonds is 4. The molecule has 1 N–H and O–H groups in total. The van der Waals surface area contributed by atoms with Gasteiger partial charge in [0.1, 0.15) is 11.4 Å². The summed E-state index contributed by atoms with van der Waals surface area (Å²) < 4.78 is 0. The number of hydrogen-bond acceptors (Lipinski definition) is 5. The molecule has 21 heavy (non-hydrogen) atoms. The first-order valence-corrected chi connectivity index (χ1v) is 7.43. The minimum absolute atomic E-state index is 0.184. The van der Waals surface area contributed by atoms with E-state index in [1.165, 1.54) is 0 Å². The highest BCUT2D eigenvalue weighted by Gasteiger charge is 2.31. The SMILES string of the molecule is CCNc1cccc(N2CC(C)N(C)C(C)C2)c1[N+](=O)[O-]. The number of nitro groups is 1. The lowest BCUT2D eigenvalue weighted by molar-refractivity contribution is -0.383. The molecule has 2 rings (SSSR count). The fourth-order valence-electron chi connectivity index (χ4n) is 2.91. The van der Waals surface area contributed by atoms with Gasteiger partial charge in [0.05, 0.1) is 4.92 Å². The lowest BCUT2D eigenvalue weighted by Crippen LogP contribution is -2.55. The first kappa shape index (κ1) is 15.6. The molecule has 1 heterocycles. The lowest BCUT2D eigenvalue weighted by Gasteiger charge is -2.43. The molecule has 2 atom stereocenters. The molecule has 0 saturated carbocycles. The van der Waals surface area contributed by atoms with Gasteiger partial charge in [-0.15, -0.1) is 0 Å². The molecule has 0 radical (unpaired) electrons. The second-order valence-electron chi connectivity index (χ2n) is 5.73. The lowest BCUT2D eigenvalue weighted by atomic mass is 10.1. The van der Waals surface area contributed by atoms with Gasteiger partial charge in [0.15, 0.2) is 0 Å². The first-order valence-electron chi connectivity index (χ1n) is 7.43. The van der Waals surface area contributed by atoms with Gasteiger partial charge in [0, 0.05) is 31.7 Å². The molecule has 1 saturated heterocycles. The van der Waals surface area contributed by atoms with Crippen molar-refractivity contribution in [2.45, 2.75) is 32.9 Å². The predicted molar refractivity (Wildman–Crippen MR) is 86.2 cm³/mol. The summed E-state index contributed by atoms with van der Waals surface area (Å²) >= 11 is 0. The van der Waals surface area contributed by atoms with E-state index in [4.69, 9.17) is 0 Å². The third kappa shape index (κ3) is 3.10. The van der Waals surface area contributed by atoms with Crippen LogP contribution in [0.3, 0.4) is 0 Å². The summed E-state index contributed by atoms with van der Waals surface area (Å²) in [7, 11) is 2.11. The third-order valence-corrected chi connectivity index (χ3v) is 4.26. The summed E-state index contributed by atoms with van der Waals surface area (Å²) in [5, 5.41) is 14.6. The molecule has 6 nitrogen and oxygen atoms in total. The molecular formula is C15H24N4O2. The Hall–Kier alpha value is -1.82. The number of nitrogens with zero attached hydrogens (tertiary/aromatic N) is 3. The van der Waals surface area contributed by atoms with Crippen molar-refractivity contribution in [3.63, 3.8) is 0 Å². The number of nitrogens with one attached hydrogen (secondary N) is 1. The van der Waals surface area contributed by atoms with Crippen LogP contribution in [0.2, 0.25) is 0 Å². The molecule has 0 aromatic heterocycles. The minimum Gasteiger partial charge on any atom is -0.380 e. The summed E-state index contributed by atoms with van der Waals surface area (Å²) in [5.41, 5.74) is 1.49. The van der Waals surface area contributed by atoms with Gasteiger partial charge in [0.25, 0.3) is 0 Å². The number of likely N-dealkylation sites (N-methyl/N-ethyl adjacent to an activating group) is 1. The number of benzene rings is 1. The van der Waals surface area contributed by atoms with E-state index in [-0.39, 0.29) is 10.6 Å². The van der Waals surface area contributed by atoms with Gasteiger partial charge in [-0.05, 0) is 40.0 Å². The van der Waals surface area contributed by atoms with Gasteiger partial charge in [-0.2, -0.15) is 0 Å². The summed E-state index contributed by atoms with van der Waals surface area (Å²) in [5.74, 6) is 0. The van der Waals surface area contributed by atoms with Crippen LogP contribution in [0.1, 0.15) is 20.8 Å². The monoisotopic (exact) mass is 292 g/mol. The Morgan fingerprint density at radius 2 is 1.95 bits per heavy atom. The Morgan fingerprint density at radius 3 is 2.48 bits per heavy atom. The normalized spacial score (nSPS) is 23.1. The molecule has 1 aliphatic rings. The number of hydrogen-bond donors (Lipinski definition) is 1. The van der Waals surface area contributed by atoms with E-state index in [0.717, 1.165) is 13.1 Å². The number of piperazine rings is 1. The summed E-state index contributed by atoms with van der Waals surface area (Å²) in [6.45, 7) is 8.52. The molecular weight excluding hydrogens is 268 g/mol. The van der Waals surface area contributed by atoms with Crippen molar-refractivity contribution in [3.8, 4) is 0 Å². The molecule has 0 spiro atoms. The Labute approximate surface area is 125 Å². The van der Waals surface area contributed by atoms with Crippen molar-refractivity contribution in [1.29, 1.82) is 0 Å². The molecule has 1 aliphatic heterocycles. The molecule has 0 bridgehead atoms. The first-order chi connectivity index (χ1) is 9.95. The van der Waals surface area contributed by atoms with Crippen LogP contribution in [0, 0.1) is 10.1 Å². The maximum Gasteiger partial charge on any atom is 0.315 e. The molecule has 1 aromatic rings. The van der Waals surface area contributed by atoms with Crippen molar-refractivity contribution in [2.24, 2.45) is 0 Å². The average Bonchev–Trinajstić information content (AvgIpc) is 2.44. The van der Waals surface area contributed by atoms with Gasteiger partial charge in [-0.25, -0.2) is 0 Å². The van der Waals surface area contributed by atoms with Crippen LogP contribution in [0.4, 0.5) is 17.1 Å². The zero-order valence-electron chi connectivity index (χ0n) is 13.2. The number of anilines is 2. The highest BCUT2D eigenvalue weighted by atomic mass is 16.6. The van der Waals surface area contributed by atoms with Crippen LogP contribution in [0.5, 0.6) is 0 Å². The molecule has 0 aliphatic carbocycles. The maximum atomic E-state index is 11.5. The van der Waals surface area contributed by atoms with Crippen molar-refractivity contribution in [1.82, 2.24) is 4.90 Å².